The molecule has 0 spiro atoms. The number of rotatable bonds is 4. The Morgan fingerprint density at radius 3 is 2.48 bits per heavy atom. The van der Waals surface area contributed by atoms with Crippen molar-refractivity contribution >= 4 is 28.6 Å². The number of phenols is 1. The van der Waals surface area contributed by atoms with Gasteiger partial charge in [0.25, 0.3) is 5.12 Å². The quantitative estimate of drug-likeness (QED) is 0.505. The summed E-state index contributed by atoms with van der Waals surface area (Å²) < 4.78 is 5.33. The summed E-state index contributed by atoms with van der Waals surface area (Å²) in [6, 6.07) is 12.7. The molecule has 6 nitrogen and oxygen atoms in total. The van der Waals surface area contributed by atoms with Crippen LogP contribution >= 0.6 is 11.8 Å². The van der Waals surface area contributed by atoms with Gasteiger partial charge in [0.1, 0.15) is 5.75 Å². The van der Waals surface area contributed by atoms with Crippen LogP contribution in [0.15, 0.2) is 68.2 Å². The molecular formula is C18H15N3O3S. The van der Waals surface area contributed by atoms with E-state index in [0.29, 0.717) is 16.8 Å². The maximum Gasteiger partial charge on any atom is 0.341 e. The van der Waals surface area contributed by atoms with Gasteiger partial charge in [-0.2, -0.15) is 4.98 Å². The first-order valence-corrected chi connectivity index (χ1v) is 8.29. The lowest BCUT2D eigenvalue weighted by Gasteiger charge is -2.03. The van der Waals surface area contributed by atoms with Gasteiger partial charge in [0.05, 0.1) is 11.9 Å². The van der Waals surface area contributed by atoms with Crippen LogP contribution in [0.5, 0.6) is 5.75 Å². The summed E-state index contributed by atoms with van der Waals surface area (Å²) in [5.74, 6) is 0.349. The lowest BCUT2D eigenvalue weighted by atomic mass is 10.1. The summed E-state index contributed by atoms with van der Waals surface area (Å²) in [6.07, 6.45) is 1.33. The number of carbonyl (C=O) groups is 1. The van der Waals surface area contributed by atoms with Gasteiger partial charge in [0, 0.05) is 4.90 Å². The topological polar surface area (TPSA) is 88.0 Å². The molecule has 126 valence electrons. The number of hydrogen-bond donors (Lipinski definition) is 1. The molecule has 0 saturated heterocycles. The molecular weight excluding hydrogens is 338 g/mol. The number of nitrogens with zero attached hydrogens (tertiary/aromatic N) is 3. The molecule has 0 bridgehead atoms. The second-order valence-corrected chi connectivity index (χ2v) is 6.38. The van der Waals surface area contributed by atoms with E-state index < -0.39 is 0 Å². The summed E-state index contributed by atoms with van der Waals surface area (Å²) >= 11 is 1.06. The number of carbonyl (C=O) groups excluding carboxylic acids is 1. The second kappa shape index (κ2) is 7.31. The van der Waals surface area contributed by atoms with E-state index in [1.807, 2.05) is 30.3 Å². The molecule has 3 aromatic rings. The number of aryl methyl sites for hydroxylation is 2. The van der Waals surface area contributed by atoms with Crippen molar-refractivity contribution in [1.29, 1.82) is 0 Å². The molecule has 0 atom stereocenters. The van der Waals surface area contributed by atoms with Gasteiger partial charge in [-0.15, -0.1) is 5.11 Å². The van der Waals surface area contributed by atoms with Crippen molar-refractivity contribution in [2.45, 2.75) is 18.7 Å². The number of thioether (sulfide) groups is 1. The third-order valence-corrected chi connectivity index (χ3v) is 4.27. The molecule has 2 aromatic carbocycles. The number of benzene rings is 2. The summed E-state index contributed by atoms with van der Waals surface area (Å²) in [4.78, 5) is 16.9. The first-order valence-electron chi connectivity index (χ1n) is 7.48. The molecule has 0 radical (unpaired) electrons. The number of oxazole rings is 1. The van der Waals surface area contributed by atoms with E-state index in [0.717, 1.165) is 16.7 Å². The average Bonchev–Trinajstić information content (AvgIpc) is 3.08. The Morgan fingerprint density at radius 2 is 1.80 bits per heavy atom. The van der Waals surface area contributed by atoms with Gasteiger partial charge in [0.15, 0.2) is 0 Å². The third-order valence-electron chi connectivity index (χ3n) is 3.38. The first-order chi connectivity index (χ1) is 12.0. The zero-order valence-corrected chi connectivity index (χ0v) is 14.4. The van der Waals surface area contributed by atoms with Crippen molar-refractivity contribution in [3.8, 4) is 5.75 Å². The van der Waals surface area contributed by atoms with E-state index in [1.54, 1.807) is 26.0 Å². The van der Waals surface area contributed by atoms with Gasteiger partial charge in [0.2, 0.25) is 5.76 Å². The number of phenolic OH excluding ortho intramolecular Hbond substituents is 1. The van der Waals surface area contributed by atoms with E-state index in [-0.39, 0.29) is 22.6 Å². The van der Waals surface area contributed by atoms with E-state index in [1.165, 1.54) is 6.20 Å². The highest BCUT2D eigenvalue weighted by molar-refractivity contribution is 8.14. The molecule has 0 aliphatic carbocycles. The molecule has 0 saturated carbocycles. The van der Waals surface area contributed by atoms with Gasteiger partial charge in [-0.1, -0.05) is 23.3 Å². The van der Waals surface area contributed by atoms with Crippen molar-refractivity contribution in [2.24, 2.45) is 10.2 Å². The Morgan fingerprint density at radius 1 is 1.12 bits per heavy atom. The first kappa shape index (κ1) is 16.9. The van der Waals surface area contributed by atoms with Gasteiger partial charge >= 0.3 is 6.01 Å². The number of aromatic nitrogens is 1. The Labute approximate surface area is 148 Å². The molecule has 1 N–H and O–H groups in total. The minimum Gasteiger partial charge on any atom is -0.507 e. The summed E-state index contributed by atoms with van der Waals surface area (Å²) in [6.45, 7) is 3.56. The van der Waals surface area contributed by atoms with Crippen molar-refractivity contribution in [1.82, 2.24) is 4.98 Å². The molecule has 0 fully saturated rings. The highest BCUT2D eigenvalue weighted by Crippen LogP contribution is 2.29. The zero-order chi connectivity index (χ0) is 17.8. The highest BCUT2D eigenvalue weighted by atomic mass is 32.2. The maximum absolute atomic E-state index is 12.2. The Balaban J connectivity index is 1.72. The SMILES string of the molecule is Cc1cc(/N=N/c2ncc(C(=O)Sc3ccccc3)o2)cc(C)c1O. The Kier molecular flexibility index (Phi) is 4.95. The molecule has 7 heteroatoms. The third kappa shape index (κ3) is 4.13. The smallest absolute Gasteiger partial charge is 0.341 e. The van der Waals surface area contributed by atoms with Crippen molar-refractivity contribution in [3.05, 3.63) is 65.5 Å². The van der Waals surface area contributed by atoms with Crippen molar-refractivity contribution in [2.75, 3.05) is 0 Å². The predicted octanol–water partition coefficient (Wildman–Crippen LogP) is 5.34. The van der Waals surface area contributed by atoms with E-state index >= 15 is 0 Å². The minimum absolute atomic E-state index is 0.000364. The van der Waals surface area contributed by atoms with E-state index in [2.05, 4.69) is 15.2 Å². The molecule has 0 unspecified atom stereocenters. The van der Waals surface area contributed by atoms with Gasteiger partial charge < -0.3 is 9.52 Å². The van der Waals surface area contributed by atoms with Gasteiger partial charge in [-0.25, -0.2) is 0 Å². The fraction of sp³-hybridized carbons (Fsp3) is 0.111. The summed E-state index contributed by atoms with van der Waals surface area (Å²) in [5, 5.41) is 17.4. The summed E-state index contributed by atoms with van der Waals surface area (Å²) in [5.41, 5.74) is 1.98. The summed E-state index contributed by atoms with van der Waals surface area (Å²) in [7, 11) is 0. The lowest BCUT2D eigenvalue weighted by molar-refractivity contribution is 0.106. The van der Waals surface area contributed by atoms with Crippen LogP contribution in [0, 0.1) is 13.8 Å². The van der Waals surface area contributed by atoms with E-state index in [9.17, 15) is 9.90 Å². The molecule has 1 aromatic heterocycles. The maximum atomic E-state index is 12.2. The van der Waals surface area contributed by atoms with E-state index in [4.69, 9.17) is 4.42 Å². The minimum atomic E-state index is -0.253. The average molecular weight is 353 g/mol. The molecule has 3 rings (SSSR count). The van der Waals surface area contributed by atoms with Crippen LogP contribution in [0.3, 0.4) is 0 Å². The predicted molar refractivity (Wildman–Crippen MR) is 94.9 cm³/mol. The lowest BCUT2D eigenvalue weighted by Crippen LogP contribution is -1.89. The van der Waals surface area contributed by atoms with Crippen molar-refractivity contribution in [3.63, 3.8) is 0 Å². The van der Waals surface area contributed by atoms with Crippen LogP contribution in [0.4, 0.5) is 11.7 Å². The van der Waals surface area contributed by atoms with Crippen LogP contribution < -0.4 is 0 Å². The van der Waals surface area contributed by atoms with Gasteiger partial charge in [-0.05, 0) is 61.0 Å². The molecule has 25 heavy (non-hydrogen) atoms. The standard InChI is InChI=1S/C18H15N3O3S/c1-11-8-13(9-12(2)16(11)22)20-21-18-19-10-15(24-18)17(23)25-14-6-4-3-5-7-14/h3-10,22H,1-2H3/b21-20+. The molecule has 1 heterocycles. The highest BCUT2D eigenvalue weighted by Gasteiger charge is 2.14. The Bertz CT molecular complexity index is 913. The van der Waals surface area contributed by atoms with Crippen molar-refractivity contribution < 1.29 is 14.3 Å². The largest absolute Gasteiger partial charge is 0.507 e. The number of aromatic hydroxyl groups is 1. The molecule has 0 aliphatic rings. The van der Waals surface area contributed by atoms with Crippen LogP contribution in [0.2, 0.25) is 0 Å². The Hall–Kier alpha value is -2.93. The molecule has 0 aliphatic heterocycles. The van der Waals surface area contributed by atoms with Crippen LogP contribution in [0.25, 0.3) is 0 Å². The zero-order valence-electron chi connectivity index (χ0n) is 13.6. The number of azo groups is 1. The van der Waals surface area contributed by atoms with Gasteiger partial charge in [-0.3, -0.25) is 4.79 Å². The fourth-order valence-corrected chi connectivity index (χ4v) is 2.84. The van der Waals surface area contributed by atoms with Crippen LogP contribution in [-0.4, -0.2) is 15.2 Å². The normalized spacial score (nSPS) is 11.1. The fourth-order valence-electron chi connectivity index (χ4n) is 2.14. The monoisotopic (exact) mass is 353 g/mol. The molecule has 0 amide bonds. The van der Waals surface area contributed by atoms with Crippen LogP contribution in [-0.2, 0) is 0 Å². The van der Waals surface area contributed by atoms with Crippen LogP contribution in [0.1, 0.15) is 21.7 Å². The number of hydrogen-bond acceptors (Lipinski definition) is 7. The second-order valence-electron chi connectivity index (χ2n) is 5.34.